The van der Waals surface area contributed by atoms with Crippen LogP contribution in [0, 0.1) is 0 Å². The minimum Gasteiger partial charge on any atom is -0.396 e. The topological polar surface area (TPSA) is 25.2 Å². The monoisotopic (exact) mass is 275 g/mol. The number of aliphatic hydroxyl groups excluding tert-OH is 1. The zero-order valence-electron chi connectivity index (χ0n) is 11.1. The summed E-state index contributed by atoms with van der Waals surface area (Å²) in [6, 6.07) is 8.42. The molecule has 3 rings (SSSR count). The molecule has 1 aromatic carbocycles. The Kier molecular flexibility index (Phi) is 3.38. The highest BCUT2D eigenvalue weighted by Crippen LogP contribution is 2.41. The molecule has 0 saturated heterocycles. The number of nitrogens with zero attached hydrogens (tertiary/aromatic N) is 1. The lowest BCUT2D eigenvalue weighted by molar-refractivity contribution is 0.288. The fourth-order valence-corrected chi connectivity index (χ4v) is 3.47. The van der Waals surface area contributed by atoms with Crippen molar-refractivity contribution in [2.24, 2.45) is 7.05 Å². The maximum absolute atomic E-state index is 8.98. The number of rotatable bonds is 3. The molecule has 0 amide bonds. The zero-order chi connectivity index (χ0) is 13.4. The Morgan fingerprint density at radius 1 is 1.26 bits per heavy atom. The van der Waals surface area contributed by atoms with Crippen molar-refractivity contribution in [2.45, 2.75) is 25.7 Å². The molecular weight excluding hydrogens is 258 g/mol. The normalized spacial score (nSPS) is 15.1. The summed E-state index contributed by atoms with van der Waals surface area (Å²) in [5.41, 5.74) is 5.08. The Labute approximate surface area is 118 Å². The van der Waals surface area contributed by atoms with Gasteiger partial charge >= 0.3 is 0 Å². The Morgan fingerprint density at radius 3 is 2.84 bits per heavy atom. The average Bonchev–Trinajstić information content (AvgIpc) is 2.73. The van der Waals surface area contributed by atoms with Crippen LogP contribution in [0.4, 0.5) is 0 Å². The maximum Gasteiger partial charge on any atom is 0.0494 e. The van der Waals surface area contributed by atoms with Gasteiger partial charge in [-0.05, 0) is 31.7 Å². The van der Waals surface area contributed by atoms with E-state index in [4.69, 9.17) is 16.7 Å². The molecule has 0 radical (unpaired) electrons. The van der Waals surface area contributed by atoms with Gasteiger partial charge in [0.2, 0.25) is 0 Å². The van der Waals surface area contributed by atoms with Crippen LogP contribution in [-0.2, 0) is 13.5 Å². The average molecular weight is 276 g/mol. The van der Waals surface area contributed by atoms with E-state index < -0.39 is 0 Å². The van der Waals surface area contributed by atoms with Gasteiger partial charge in [0.25, 0.3) is 0 Å². The molecule has 0 aliphatic heterocycles. The van der Waals surface area contributed by atoms with E-state index in [0.717, 1.165) is 30.7 Å². The molecule has 3 heteroatoms. The highest BCUT2D eigenvalue weighted by Gasteiger charge is 2.23. The summed E-state index contributed by atoms with van der Waals surface area (Å²) in [7, 11) is 2.12. The zero-order valence-corrected chi connectivity index (χ0v) is 11.9. The third kappa shape index (κ3) is 1.99. The van der Waals surface area contributed by atoms with Crippen molar-refractivity contribution in [1.29, 1.82) is 0 Å². The number of aryl methyl sites for hydroxylation is 1. The van der Waals surface area contributed by atoms with Crippen LogP contribution in [0.25, 0.3) is 15.9 Å². The van der Waals surface area contributed by atoms with Crippen molar-refractivity contribution in [3.8, 4) is 0 Å². The van der Waals surface area contributed by atoms with Crippen molar-refractivity contribution in [3.05, 3.63) is 41.1 Å². The van der Waals surface area contributed by atoms with Crippen molar-refractivity contribution in [1.82, 2.24) is 4.57 Å². The molecule has 19 heavy (non-hydrogen) atoms. The van der Waals surface area contributed by atoms with E-state index in [1.807, 2.05) is 0 Å². The van der Waals surface area contributed by atoms with Gasteiger partial charge in [0, 0.05) is 40.8 Å². The summed E-state index contributed by atoms with van der Waals surface area (Å²) in [4.78, 5) is 0. The van der Waals surface area contributed by atoms with Gasteiger partial charge in [-0.3, -0.25) is 0 Å². The fraction of sp³-hybridized carbons (Fsp3) is 0.375. The van der Waals surface area contributed by atoms with Gasteiger partial charge < -0.3 is 9.67 Å². The van der Waals surface area contributed by atoms with Crippen LogP contribution in [0.1, 0.15) is 30.5 Å². The molecule has 0 fully saturated rings. The third-order valence-electron chi connectivity index (χ3n) is 4.06. The molecule has 2 aromatic rings. The summed E-state index contributed by atoms with van der Waals surface area (Å²) < 4.78 is 2.26. The van der Waals surface area contributed by atoms with Crippen LogP contribution in [0.3, 0.4) is 0 Å². The third-order valence-corrected chi connectivity index (χ3v) is 4.51. The first-order valence-corrected chi connectivity index (χ1v) is 7.17. The van der Waals surface area contributed by atoms with Crippen molar-refractivity contribution in [3.63, 3.8) is 0 Å². The molecule has 100 valence electrons. The van der Waals surface area contributed by atoms with E-state index >= 15 is 0 Å². The summed E-state index contributed by atoms with van der Waals surface area (Å²) >= 11 is 6.63. The molecule has 0 spiro atoms. The number of hydrogen-bond donors (Lipinski definition) is 1. The second-order valence-corrected chi connectivity index (χ2v) is 5.52. The van der Waals surface area contributed by atoms with Gasteiger partial charge in [0.15, 0.2) is 0 Å². The van der Waals surface area contributed by atoms with E-state index in [-0.39, 0.29) is 6.61 Å². The van der Waals surface area contributed by atoms with E-state index in [1.54, 1.807) is 0 Å². The fourth-order valence-electron chi connectivity index (χ4n) is 3.07. The Morgan fingerprint density at radius 2 is 2.05 bits per heavy atom. The minimum atomic E-state index is 0.232. The summed E-state index contributed by atoms with van der Waals surface area (Å²) in [5.74, 6) is 0. The van der Waals surface area contributed by atoms with Crippen molar-refractivity contribution < 1.29 is 5.11 Å². The maximum atomic E-state index is 8.98. The van der Waals surface area contributed by atoms with Gasteiger partial charge in [-0.1, -0.05) is 35.4 Å². The first-order chi connectivity index (χ1) is 9.24. The summed E-state index contributed by atoms with van der Waals surface area (Å²) in [6.07, 6.45) is 3.75. The molecule has 0 atom stereocenters. The molecule has 1 aromatic heterocycles. The lowest BCUT2D eigenvalue weighted by Crippen LogP contribution is -2.06. The number of hydrogen-bond acceptors (Lipinski definition) is 1. The Bertz CT molecular complexity index is 654. The van der Waals surface area contributed by atoms with Crippen LogP contribution < -0.4 is 0 Å². The van der Waals surface area contributed by atoms with Gasteiger partial charge in [-0.15, -0.1) is 0 Å². The molecule has 2 nitrogen and oxygen atoms in total. The lowest BCUT2D eigenvalue weighted by Gasteiger charge is -2.18. The SMILES string of the molecule is Cn1c2c(c3ccccc31)C(Cl)=C(CCCO)CC2. The molecule has 1 aliphatic carbocycles. The van der Waals surface area contributed by atoms with Gasteiger partial charge in [0.05, 0.1) is 0 Å². The van der Waals surface area contributed by atoms with Crippen LogP contribution in [0.2, 0.25) is 0 Å². The first kappa shape index (κ1) is 12.8. The summed E-state index contributed by atoms with van der Waals surface area (Å²) in [6.45, 7) is 0.232. The Hall–Kier alpha value is -1.25. The number of fused-ring (bicyclic) bond motifs is 3. The molecule has 1 aliphatic rings. The number of aliphatic hydroxyl groups is 1. The highest BCUT2D eigenvalue weighted by atomic mass is 35.5. The van der Waals surface area contributed by atoms with Crippen LogP contribution in [0.15, 0.2) is 29.8 Å². The number of benzene rings is 1. The molecule has 1 N–H and O–H groups in total. The van der Waals surface area contributed by atoms with E-state index in [9.17, 15) is 0 Å². The number of para-hydroxylation sites is 1. The van der Waals surface area contributed by atoms with E-state index in [0.29, 0.717) is 0 Å². The molecule has 0 saturated carbocycles. The van der Waals surface area contributed by atoms with Gasteiger partial charge in [-0.2, -0.15) is 0 Å². The predicted octanol–water partition coefficient (Wildman–Crippen LogP) is 3.85. The molecule has 1 heterocycles. The van der Waals surface area contributed by atoms with Crippen LogP contribution >= 0.6 is 11.6 Å². The van der Waals surface area contributed by atoms with E-state index in [1.165, 1.54) is 27.7 Å². The number of halogens is 1. The van der Waals surface area contributed by atoms with Crippen LogP contribution in [-0.4, -0.2) is 16.3 Å². The highest BCUT2D eigenvalue weighted by molar-refractivity contribution is 6.50. The number of allylic oxidation sites excluding steroid dienone is 1. The van der Waals surface area contributed by atoms with Gasteiger partial charge in [-0.25, -0.2) is 0 Å². The van der Waals surface area contributed by atoms with Gasteiger partial charge in [0.1, 0.15) is 0 Å². The number of aromatic nitrogens is 1. The van der Waals surface area contributed by atoms with Crippen molar-refractivity contribution >= 4 is 27.5 Å². The minimum absolute atomic E-state index is 0.232. The standard InChI is InChI=1S/C16H18ClNO/c1-18-13-7-3-2-6-12(13)15-14(18)9-8-11(16(15)17)5-4-10-19/h2-3,6-7,19H,4-5,8-10H2,1H3. The second kappa shape index (κ2) is 5.03. The van der Waals surface area contributed by atoms with Crippen LogP contribution in [0.5, 0.6) is 0 Å². The Balaban J connectivity index is 2.18. The summed E-state index contributed by atoms with van der Waals surface area (Å²) in [5, 5.41) is 11.1. The quantitative estimate of drug-likeness (QED) is 0.904. The second-order valence-electron chi connectivity index (χ2n) is 5.14. The lowest BCUT2D eigenvalue weighted by atomic mass is 9.93. The smallest absolute Gasteiger partial charge is 0.0494 e. The molecule has 0 bridgehead atoms. The predicted molar refractivity (Wildman–Crippen MR) is 80.3 cm³/mol. The van der Waals surface area contributed by atoms with E-state index in [2.05, 4.69) is 35.9 Å². The largest absolute Gasteiger partial charge is 0.396 e. The molecular formula is C16H18ClNO. The van der Waals surface area contributed by atoms with Crippen molar-refractivity contribution in [2.75, 3.05) is 6.61 Å². The molecule has 0 unspecified atom stereocenters. The first-order valence-electron chi connectivity index (χ1n) is 6.79.